The molecule has 0 radical (unpaired) electrons. The molecular weight excluding hydrogens is 240 g/mol. The second-order valence-electron chi connectivity index (χ2n) is 4.45. The fourth-order valence-corrected chi connectivity index (χ4v) is 1.82. The van der Waals surface area contributed by atoms with Gasteiger partial charge in [-0.3, -0.25) is 4.98 Å². The summed E-state index contributed by atoms with van der Waals surface area (Å²) in [6.45, 7) is 4.39. The largest absolute Gasteiger partial charge is 0.385 e. The van der Waals surface area contributed by atoms with Crippen molar-refractivity contribution < 1.29 is 4.74 Å². The molecule has 0 fully saturated rings. The highest BCUT2D eigenvalue weighted by atomic mass is 16.5. The Balaban J connectivity index is 1.88. The molecule has 0 bridgehead atoms. The zero-order valence-electron chi connectivity index (χ0n) is 11.5. The van der Waals surface area contributed by atoms with Crippen molar-refractivity contribution >= 4 is 5.95 Å². The Labute approximate surface area is 113 Å². The number of rotatable bonds is 7. The van der Waals surface area contributed by atoms with Crippen molar-refractivity contribution in [3.63, 3.8) is 0 Å². The summed E-state index contributed by atoms with van der Waals surface area (Å²) < 4.78 is 7.16. The van der Waals surface area contributed by atoms with Crippen LogP contribution in [0, 0.1) is 6.92 Å². The first-order valence-electron chi connectivity index (χ1n) is 6.45. The monoisotopic (exact) mass is 260 g/mol. The van der Waals surface area contributed by atoms with Gasteiger partial charge in [-0.05, 0) is 25.0 Å². The van der Waals surface area contributed by atoms with E-state index < -0.39 is 0 Å². The van der Waals surface area contributed by atoms with E-state index in [9.17, 15) is 0 Å². The fraction of sp³-hybridized carbons (Fsp3) is 0.429. The van der Waals surface area contributed by atoms with Gasteiger partial charge in [0, 0.05) is 51.1 Å². The number of ether oxygens (including phenoxy) is 1. The molecule has 5 nitrogen and oxygen atoms in total. The van der Waals surface area contributed by atoms with Crippen molar-refractivity contribution in [1.82, 2.24) is 14.5 Å². The number of imidazole rings is 1. The molecule has 0 aliphatic carbocycles. The normalized spacial score (nSPS) is 10.6. The molecule has 2 heterocycles. The number of pyridine rings is 1. The minimum Gasteiger partial charge on any atom is -0.385 e. The third kappa shape index (κ3) is 4.06. The highest BCUT2D eigenvalue weighted by Crippen LogP contribution is 2.08. The van der Waals surface area contributed by atoms with E-state index in [1.165, 1.54) is 0 Å². The maximum atomic E-state index is 5.06. The van der Waals surface area contributed by atoms with Crippen LogP contribution < -0.4 is 5.32 Å². The number of nitrogens with one attached hydrogen (secondary N) is 1. The minimum absolute atomic E-state index is 0.731. The molecule has 2 aromatic rings. The van der Waals surface area contributed by atoms with Gasteiger partial charge in [-0.25, -0.2) is 4.98 Å². The lowest BCUT2D eigenvalue weighted by molar-refractivity contribution is 0.190. The van der Waals surface area contributed by atoms with Crippen LogP contribution in [0.1, 0.15) is 17.7 Å². The van der Waals surface area contributed by atoms with Crippen LogP contribution >= 0.6 is 0 Å². The van der Waals surface area contributed by atoms with Gasteiger partial charge in [-0.1, -0.05) is 6.07 Å². The third-order valence-corrected chi connectivity index (χ3v) is 2.89. The Morgan fingerprint density at radius 1 is 1.32 bits per heavy atom. The Bertz CT molecular complexity index is 492. The van der Waals surface area contributed by atoms with Crippen molar-refractivity contribution in [2.45, 2.75) is 26.4 Å². The molecule has 19 heavy (non-hydrogen) atoms. The first-order valence-corrected chi connectivity index (χ1v) is 6.45. The van der Waals surface area contributed by atoms with Crippen molar-refractivity contribution in [2.24, 2.45) is 0 Å². The first-order chi connectivity index (χ1) is 9.29. The van der Waals surface area contributed by atoms with Crippen molar-refractivity contribution in [1.29, 1.82) is 0 Å². The highest BCUT2D eigenvalue weighted by Gasteiger charge is 2.02. The second-order valence-corrected chi connectivity index (χ2v) is 4.45. The molecule has 2 rings (SSSR count). The van der Waals surface area contributed by atoms with Gasteiger partial charge in [0.25, 0.3) is 0 Å². The first kappa shape index (κ1) is 13.5. The van der Waals surface area contributed by atoms with Crippen molar-refractivity contribution in [3.8, 4) is 0 Å². The van der Waals surface area contributed by atoms with E-state index in [-0.39, 0.29) is 0 Å². The van der Waals surface area contributed by atoms with E-state index in [4.69, 9.17) is 4.74 Å². The second kappa shape index (κ2) is 6.89. The molecule has 0 aromatic carbocycles. The molecular formula is C14H20N4O. The summed E-state index contributed by atoms with van der Waals surface area (Å²) in [5.74, 6) is 0.886. The molecule has 5 heteroatoms. The van der Waals surface area contributed by atoms with E-state index >= 15 is 0 Å². The van der Waals surface area contributed by atoms with E-state index in [1.54, 1.807) is 7.11 Å². The zero-order chi connectivity index (χ0) is 13.5. The SMILES string of the molecule is COCCCn1ccnc1NCc1ccc(C)nc1. The average molecular weight is 260 g/mol. The maximum absolute atomic E-state index is 5.06. The zero-order valence-corrected chi connectivity index (χ0v) is 11.5. The van der Waals surface area contributed by atoms with E-state index in [0.29, 0.717) is 0 Å². The topological polar surface area (TPSA) is 52.0 Å². The summed E-state index contributed by atoms with van der Waals surface area (Å²) in [7, 11) is 1.72. The van der Waals surface area contributed by atoms with Crippen molar-refractivity contribution in [3.05, 3.63) is 42.0 Å². The van der Waals surface area contributed by atoms with Crippen LogP contribution in [-0.4, -0.2) is 28.3 Å². The summed E-state index contributed by atoms with van der Waals surface area (Å²) in [6.07, 6.45) is 6.65. The van der Waals surface area contributed by atoms with Crippen LogP contribution in [-0.2, 0) is 17.8 Å². The third-order valence-electron chi connectivity index (χ3n) is 2.89. The number of anilines is 1. The number of aromatic nitrogens is 3. The highest BCUT2D eigenvalue weighted by molar-refractivity contribution is 5.28. The molecule has 0 atom stereocenters. The number of hydrogen-bond acceptors (Lipinski definition) is 4. The quantitative estimate of drug-likeness (QED) is 0.776. The van der Waals surface area contributed by atoms with E-state index in [2.05, 4.69) is 25.9 Å². The lowest BCUT2D eigenvalue weighted by Gasteiger charge is -2.09. The van der Waals surface area contributed by atoms with Crippen LogP contribution in [0.15, 0.2) is 30.7 Å². The number of aryl methyl sites for hydroxylation is 2. The van der Waals surface area contributed by atoms with Crippen LogP contribution in [0.2, 0.25) is 0 Å². The lowest BCUT2D eigenvalue weighted by Crippen LogP contribution is -2.08. The average Bonchev–Trinajstić information content (AvgIpc) is 2.86. The molecule has 102 valence electrons. The summed E-state index contributed by atoms with van der Waals surface area (Å²) in [5.41, 5.74) is 2.18. The Kier molecular flexibility index (Phi) is 4.92. The van der Waals surface area contributed by atoms with Gasteiger partial charge < -0.3 is 14.6 Å². The van der Waals surface area contributed by atoms with Crippen LogP contribution in [0.3, 0.4) is 0 Å². The van der Waals surface area contributed by atoms with Gasteiger partial charge in [0.15, 0.2) is 0 Å². The predicted molar refractivity (Wildman–Crippen MR) is 75.0 cm³/mol. The van der Waals surface area contributed by atoms with Gasteiger partial charge >= 0.3 is 0 Å². The molecule has 0 aliphatic rings. The summed E-state index contributed by atoms with van der Waals surface area (Å²) >= 11 is 0. The molecule has 2 aromatic heterocycles. The van der Waals surface area contributed by atoms with E-state index in [0.717, 1.165) is 43.3 Å². The van der Waals surface area contributed by atoms with Crippen LogP contribution in [0.4, 0.5) is 5.95 Å². The van der Waals surface area contributed by atoms with Gasteiger partial charge in [0.2, 0.25) is 5.95 Å². The Morgan fingerprint density at radius 2 is 2.21 bits per heavy atom. The maximum Gasteiger partial charge on any atom is 0.203 e. The number of nitrogens with zero attached hydrogens (tertiary/aromatic N) is 3. The van der Waals surface area contributed by atoms with Gasteiger partial charge in [0.05, 0.1) is 0 Å². The standard InChI is InChI=1S/C14H20N4O/c1-12-4-5-13(10-16-12)11-17-14-15-6-8-18(14)7-3-9-19-2/h4-6,8,10H,3,7,9,11H2,1-2H3,(H,15,17). The predicted octanol–water partition coefficient (Wildman–Crippen LogP) is 2.24. The molecule has 0 unspecified atom stereocenters. The van der Waals surface area contributed by atoms with Gasteiger partial charge in [0.1, 0.15) is 0 Å². The smallest absolute Gasteiger partial charge is 0.203 e. The Hall–Kier alpha value is -1.88. The van der Waals surface area contributed by atoms with Crippen molar-refractivity contribution in [2.75, 3.05) is 19.0 Å². The summed E-state index contributed by atoms with van der Waals surface area (Å²) in [6, 6.07) is 4.09. The molecule has 0 aliphatic heterocycles. The van der Waals surface area contributed by atoms with Gasteiger partial charge in [-0.2, -0.15) is 0 Å². The summed E-state index contributed by atoms with van der Waals surface area (Å²) in [4.78, 5) is 8.60. The molecule has 0 amide bonds. The Morgan fingerprint density at radius 3 is 2.95 bits per heavy atom. The van der Waals surface area contributed by atoms with Crippen LogP contribution in [0.5, 0.6) is 0 Å². The summed E-state index contributed by atoms with van der Waals surface area (Å²) in [5, 5.41) is 3.33. The molecule has 0 saturated heterocycles. The lowest BCUT2D eigenvalue weighted by atomic mass is 10.2. The molecule has 1 N–H and O–H groups in total. The molecule has 0 saturated carbocycles. The number of hydrogen-bond donors (Lipinski definition) is 1. The number of methoxy groups -OCH3 is 1. The van der Waals surface area contributed by atoms with Gasteiger partial charge in [-0.15, -0.1) is 0 Å². The van der Waals surface area contributed by atoms with Crippen LogP contribution in [0.25, 0.3) is 0 Å². The molecule has 0 spiro atoms. The minimum atomic E-state index is 0.731. The van der Waals surface area contributed by atoms with E-state index in [1.807, 2.05) is 31.6 Å². The fourth-order valence-electron chi connectivity index (χ4n) is 1.82.